The molecule has 0 fully saturated rings. The van der Waals surface area contributed by atoms with Crippen LogP contribution in [0, 0.1) is 5.41 Å². The molecular formula is C12H26O3Si. The SMILES string of the molecule is CCCCCCCC(C)(C)C(=O)O[SiH2]OC. The maximum absolute atomic E-state index is 11.7. The Morgan fingerprint density at radius 2 is 1.81 bits per heavy atom. The van der Waals surface area contributed by atoms with Crippen LogP contribution in [0.2, 0.25) is 0 Å². The molecule has 0 aliphatic rings. The third kappa shape index (κ3) is 7.01. The minimum atomic E-state index is -1.09. The molecule has 0 aromatic carbocycles. The Balaban J connectivity index is 3.71. The van der Waals surface area contributed by atoms with E-state index in [0.29, 0.717) is 0 Å². The first-order valence-electron chi connectivity index (χ1n) is 6.20. The van der Waals surface area contributed by atoms with Crippen molar-refractivity contribution in [1.82, 2.24) is 0 Å². The number of hydrogen-bond donors (Lipinski definition) is 0. The van der Waals surface area contributed by atoms with Crippen LogP contribution in [-0.4, -0.2) is 23.1 Å². The summed E-state index contributed by atoms with van der Waals surface area (Å²) in [5, 5.41) is 0. The fourth-order valence-electron chi connectivity index (χ4n) is 1.58. The fraction of sp³-hybridized carbons (Fsp3) is 0.917. The first kappa shape index (κ1) is 15.6. The molecule has 0 spiro atoms. The smallest absolute Gasteiger partial charge is 0.368 e. The molecule has 0 bridgehead atoms. The van der Waals surface area contributed by atoms with Crippen LogP contribution in [0.15, 0.2) is 0 Å². The van der Waals surface area contributed by atoms with Crippen molar-refractivity contribution in [3.63, 3.8) is 0 Å². The quantitative estimate of drug-likeness (QED) is 0.463. The van der Waals surface area contributed by atoms with Crippen LogP contribution >= 0.6 is 0 Å². The van der Waals surface area contributed by atoms with Crippen LogP contribution in [0.1, 0.15) is 59.3 Å². The van der Waals surface area contributed by atoms with Gasteiger partial charge >= 0.3 is 10.0 Å². The summed E-state index contributed by atoms with van der Waals surface area (Å²) in [7, 11) is 0.489. The van der Waals surface area contributed by atoms with Crippen LogP contribution < -0.4 is 0 Å². The second-order valence-corrected chi connectivity index (χ2v) is 5.99. The van der Waals surface area contributed by atoms with Gasteiger partial charge in [-0.15, -0.1) is 0 Å². The van der Waals surface area contributed by atoms with E-state index in [2.05, 4.69) is 6.92 Å². The van der Waals surface area contributed by atoms with Gasteiger partial charge in [-0.2, -0.15) is 0 Å². The number of rotatable bonds is 9. The van der Waals surface area contributed by atoms with Gasteiger partial charge in [0.1, 0.15) is 0 Å². The lowest BCUT2D eigenvalue weighted by atomic mass is 9.87. The predicted molar refractivity (Wildman–Crippen MR) is 68.8 cm³/mol. The first-order valence-corrected chi connectivity index (χ1v) is 7.36. The number of carbonyl (C=O) groups excluding carboxylic acids is 1. The van der Waals surface area contributed by atoms with Crippen LogP contribution in [0.3, 0.4) is 0 Å². The topological polar surface area (TPSA) is 35.5 Å². The van der Waals surface area contributed by atoms with E-state index < -0.39 is 10.0 Å². The lowest BCUT2D eigenvalue weighted by molar-refractivity contribution is -0.145. The van der Waals surface area contributed by atoms with E-state index >= 15 is 0 Å². The molecule has 0 radical (unpaired) electrons. The maximum Gasteiger partial charge on any atom is 0.368 e. The van der Waals surface area contributed by atoms with Gasteiger partial charge in [-0.1, -0.05) is 39.0 Å². The Bertz CT molecular complexity index is 193. The van der Waals surface area contributed by atoms with Gasteiger partial charge in [-0.05, 0) is 20.3 Å². The number of hydrogen-bond acceptors (Lipinski definition) is 3. The molecule has 0 atom stereocenters. The van der Waals surface area contributed by atoms with Crippen molar-refractivity contribution in [3.05, 3.63) is 0 Å². The van der Waals surface area contributed by atoms with Gasteiger partial charge < -0.3 is 8.85 Å². The second-order valence-electron chi connectivity index (χ2n) is 4.89. The standard InChI is InChI=1S/C12H26O3Si/c1-5-6-7-8-9-10-12(2,3)11(13)15-16-14-4/h5-10,16H2,1-4H3. The second kappa shape index (κ2) is 8.76. The van der Waals surface area contributed by atoms with Crippen molar-refractivity contribution in [2.75, 3.05) is 7.11 Å². The van der Waals surface area contributed by atoms with Crippen LogP contribution in [0.5, 0.6) is 0 Å². The summed E-state index contributed by atoms with van der Waals surface area (Å²) in [5.41, 5.74) is -0.349. The molecule has 0 saturated heterocycles. The monoisotopic (exact) mass is 246 g/mol. The van der Waals surface area contributed by atoms with Gasteiger partial charge in [0, 0.05) is 7.11 Å². The average molecular weight is 246 g/mol. The van der Waals surface area contributed by atoms with Gasteiger partial charge in [-0.25, -0.2) is 0 Å². The molecule has 96 valence electrons. The lowest BCUT2D eigenvalue weighted by Crippen LogP contribution is -2.28. The summed E-state index contributed by atoms with van der Waals surface area (Å²) in [5.74, 6) is -0.100. The molecule has 0 heterocycles. The number of unbranched alkanes of at least 4 members (excludes halogenated alkanes) is 4. The highest BCUT2D eigenvalue weighted by Crippen LogP contribution is 2.25. The molecule has 0 unspecified atom stereocenters. The third-order valence-electron chi connectivity index (χ3n) is 2.77. The first-order chi connectivity index (χ1) is 7.54. The normalized spacial score (nSPS) is 12.2. The summed E-state index contributed by atoms with van der Waals surface area (Å²) in [4.78, 5) is 11.7. The van der Waals surface area contributed by atoms with Gasteiger partial charge in [-0.3, -0.25) is 4.79 Å². The largest absolute Gasteiger partial charge is 0.499 e. The van der Waals surface area contributed by atoms with Gasteiger partial charge in [0.05, 0.1) is 5.41 Å². The highest BCUT2D eigenvalue weighted by molar-refractivity contribution is 6.22. The highest BCUT2D eigenvalue weighted by atomic mass is 28.3. The van der Waals surface area contributed by atoms with E-state index in [4.69, 9.17) is 8.85 Å². The van der Waals surface area contributed by atoms with E-state index in [1.54, 1.807) is 7.11 Å². The molecule has 3 nitrogen and oxygen atoms in total. The molecular weight excluding hydrogens is 220 g/mol. The molecule has 4 heteroatoms. The molecule has 0 aromatic heterocycles. The Hall–Kier alpha value is -0.353. The van der Waals surface area contributed by atoms with Crippen molar-refractivity contribution in [2.24, 2.45) is 5.41 Å². The fourth-order valence-corrected chi connectivity index (χ4v) is 2.20. The summed E-state index contributed by atoms with van der Waals surface area (Å²) in [6, 6.07) is 0. The lowest BCUT2D eigenvalue weighted by Gasteiger charge is -2.22. The zero-order chi connectivity index (χ0) is 12.4. The van der Waals surface area contributed by atoms with E-state index in [9.17, 15) is 4.79 Å². The van der Waals surface area contributed by atoms with Gasteiger partial charge in [0.15, 0.2) is 0 Å². The van der Waals surface area contributed by atoms with E-state index in [0.717, 1.165) is 12.8 Å². The van der Waals surface area contributed by atoms with Crippen molar-refractivity contribution in [3.8, 4) is 0 Å². The predicted octanol–water partition coefficient (Wildman–Crippen LogP) is 2.56. The van der Waals surface area contributed by atoms with Crippen molar-refractivity contribution in [2.45, 2.75) is 59.3 Å². The van der Waals surface area contributed by atoms with Crippen molar-refractivity contribution >= 4 is 16.0 Å². The summed E-state index contributed by atoms with van der Waals surface area (Å²) >= 11 is 0. The van der Waals surface area contributed by atoms with Crippen LogP contribution in [-0.2, 0) is 13.6 Å². The van der Waals surface area contributed by atoms with E-state index in [-0.39, 0.29) is 11.4 Å². The van der Waals surface area contributed by atoms with Gasteiger partial charge in [0.2, 0.25) is 0 Å². The Morgan fingerprint density at radius 3 is 2.38 bits per heavy atom. The minimum Gasteiger partial charge on any atom is -0.499 e. The summed E-state index contributed by atoms with van der Waals surface area (Å²) < 4.78 is 9.97. The molecule has 16 heavy (non-hydrogen) atoms. The van der Waals surface area contributed by atoms with Crippen LogP contribution in [0.4, 0.5) is 0 Å². The Labute approximate surface area is 102 Å². The molecule has 0 aliphatic heterocycles. The summed E-state index contributed by atoms with van der Waals surface area (Å²) in [6.45, 7) is 6.12. The molecule has 0 aromatic rings. The molecule has 0 N–H and O–H groups in total. The maximum atomic E-state index is 11.7. The third-order valence-corrected chi connectivity index (χ3v) is 3.38. The Kier molecular flexibility index (Phi) is 8.57. The molecule has 0 amide bonds. The van der Waals surface area contributed by atoms with Gasteiger partial charge in [0.25, 0.3) is 5.97 Å². The molecule has 0 saturated carbocycles. The van der Waals surface area contributed by atoms with E-state index in [1.807, 2.05) is 13.8 Å². The average Bonchev–Trinajstić information content (AvgIpc) is 2.25. The van der Waals surface area contributed by atoms with Crippen molar-refractivity contribution < 1.29 is 13.6 Å². The molecule has 0 aliphatic carbocycles. The van der Waals surface area contributed by atoms with Crippen LogP contribution in [0.25, 0.3) is 0 Å². The zero-order valence-corrected chi connectivity index (χ0v) is 12.6. The zero-order valence-electron chi connectivity index (χ0n) is 11.2. The van der Waals surface area contributed by atoms with E-state index in [1.165, 1.54) is 25.7 Å². The number of carbonyl (C=O) groups is 1. The summed E-state index contributed by atoms with van der Waals surface area (Å²) in [6.07, 6.45) is 7.05. The Morgan fingerprint density at radius 1 is 1.19 bits per heavy atom. The molecule has 0 rings (SSSR count). The highest BCUT2D eigenvalue weighted by Gasteiger charge is 2.28. The van der Waals surface area contributed by atoms with Crippen molar-refractivity contribution in [1.29, 1.82) is 0 Å². The minimum absolute atomic E-state index is 0.100.